The van der Waals surface area contributed by atoms with Crippen LogP contribution in [0.25, 0.3) is 11.0 Å². The number of imidazole rings is 1. The van der Waals surface area contributed by atoms with Gasteiger partial charge < -0.3 is 19.5 Å². The fraction of sp³-hybridized carbons (Fsp3) is 0.545. The van der Waals surface area contributed by atoms with Gasteiger partial charge in [0.1, 0.15) is 5.82 Å². The fourth-order valence-electron chi connectivity index (χ4n) is 3.84. The Balaban J connectivity index is 0.000000370. The van der Waals surface area contributed by atoms with Crippen LogP contribution in [0.15, 0.2) is 24.3 Å². The molecule has 0 amide bonds. The highest BCUT2D eigenvalue weighted by molar-refractivity contribution is 5.76. The van der Waals surface area contributed by atoms with Gasteiger partial charge in [-0.2, -0.15) is 0 Å². The first-order valence-electron chi connectivity index (χ1n) is 10.3. The van der Waals surface area contributed by atoms with E-state index in [1.807, 2.05) is 6.07 Å². The first-order chi connectivity index (χ1) is 14.6. The molecule has 3 heterocycles. The molecule has 2 aromatic rings. The van der Waals surface area contributed by atoms with E-state index in [1.54, 1.807) is 0 Å². The van der Waals surface area contributed by atoms with Crippen molar-refractivity contribution in [1.29, 1.82) is 0 Å². The number of hydrogen-bond donors (Lipinski definition) is 2. The molecule has 0 unspecified atom stereocenters. The van der Waals surface area contributed by atoms with Crippen molar-refractivity contribution in [2.24, 2.45) is 17.8 Å². The van der Waals surface area contributed by atoms with Crippen LogP contribution >= 0.6 is 0 Å². The number of likely N-dealkylation sites (tertiary alicyclic amines) is 1. The number of carboxylic acid groups (broad SMARTS) is 2. The van der Waals surface area contributed by atoms with Gasteiger partial charge in [-0.3, -0.25) is 19.3 Å². The molecule has 0 aliphatic carbocycles. The molecular formula is C22H31N3O6. The molecule has 1 aromatic heterocycles. The maximum absolute atomic E-state index is 11.7. The van der Waals surface area contributed by atoms with E-state index in [-0.39, 0.29) is 11.9 Å². The van der Waals surface area contributed by atoms with Crippen LogP contribution in [0.1, 0.15) is 33.5 Å². The first kappa shape index (κ1) is 24.3. The SMILES string of the molecule is CC(=O)O.CC(=O)O.CC(C)Cn1c(CN2C[C@@H]3COC(=O)[C@@H]3C2)nc2ccccc21. The van der Waals surface area contributed by atoms with E-state index in [0.717, 1.165) is 51.4 Å². The Morgan fingerprint density at radius 1 is 1.16 bits per heavy atom. The van der Waals surface area contributed by atoms with Crippen LogP contribution in [-0.4, -0.2) is 62.3 Å². The summed E-state index contributed by atoms with van der Waals surface area (Å²) in [6.45, 7) is 10.7. The molecule has 2 atom stereocenters. The lowest BCUT2D eigenvalue weighted by Gasteiger charge is -2.18. The smallest absolute Gasteiger partial charge is 0.310 e. The molecule has 2 saturated heterocycles. The first-order valence-corrected chi connectivity index (χ1v) is 10.3. The minimum atomic E-state index is -0.833. The van der Waals surface area contributed by atoms with Crippen molar-refractivity contribution in [1.82, 2.24) is 14.5 Å². The van der Waals surface area contributed by atoms with E-state index in [1.165, 1.54) is 5.52 Å². The Morgan fingerprint density at radius 2 is 1.77 bits per heavy atom. The molecule has 0 saturated carbocycles. The van der Waals surface area contributed by atoms with E-state index < -0.39 is 11.9 Å². The number of benzene rings is 1. The minimum Gasteiger partial charge on any atom is -0.481 e. The third-order valence-electron chi connectivity index (χ3n) is 4.91. The zero-order valence-electron chi connectivity index (χ0n) is 18.4. The molecule has 9 heteroatoms. The zero-order valence-corrected chi connectivity index (χ0v) is 18.4. The molecule has 31 heavy (non-hydrogen) atoms. The number of fused-ring (bicyclic) bond motifs is 2. The van der Waals surface area contributed by atoms with Gasteiger partial charge in [0, 0.05) is 39.4 Å². The molecule has 2 aliphatic heterocycles. The largest absolute Gasteiger partial charge is 0.481 e. The Morgan fingerprint density at radius 3 is 2.35 bits per heavy atom. The molecule has 1 aromatic carbocycles. The number of cyclic esters (lactones) is 1. The number of rotatable bonds is 4. The molecule has 9 nitrogen and oxygen atoms in total. The van der Waals surface area contributed by atoms with Crippen LogP contribution in [-0.2, 0) is 32.2 Å². The predicted molar refractivity (Wildman–Crippen MR) is 114 cm³/mol. The monoisotopic (exact) mass is 433 g/mol. The summed E-state index contributed by atoms with van der Waals surface area (Å²) >= 11 is 0. The van der Waals surface area contributed by atoms with Gasteiger partial charge in [0.05, 0.1) is 30.1 Å². The van der Waals surface area contributed by atoms with Crippen molar-refractivity contribution in [2.45, 2.75) is 40.8 Å². The number of hydrogen-bond acceptors (Lipinski definition) is 6. The van der Waals surface area contributed by atoms with Crippen LogP contribution in [0.2, 0.25) is 0 Å². The minimum absolute atomic E-state index is 0.0202. The van der Waals surface area contributed by atoms with Gasteiger partial charge in [0.25, 0.3) is 11.9 Å². The number of carboxylic acids is 2. The summed E-state index contributed by atoms with van der Waals surface area (Å²) in [6.07, 6.45) is 0. The lowest BCUT2D eigenvalue weighted by atomic mass is 10.0. The third kappa shape index (κ3) is 7.06. The van der Waals surface area contributed by atoms with Gasteiger partial charge in [0.2, 0.25) is 0 Å². The summed E-state index contributed by atoms with van der Waals surface area (Å²) in [5.41, 5.74) is 2.26. The lowest BCUT2D eigenvalue weighted by molar-refractivity contribution is -0.141. The van der Waals surface area contributed by atoms with E-state index in [2.05, 4.69) is 41.5 Å². The summed E-state index contributed by atoms with van der Waals surface area (Å²) in [7, 11) is 0. The molecule has 2 aliphatic rings. The van der Waals surface area contributed by atoms with Gasteiger partial charge in [-0.05, 0) is 18.1 Å². The van der Waals surface area contributed by atoms with E-state index in [0.29, 0.717) is 18.4 Å². The van der Waals surface area contributed by atoms with Crippen molar-refractivity contribution < 1.29 is 29.3 Å². The van der Waals surface area contributed by atoms with Crippen molar-refractivity contribution >= 4 is 28.9 Å². The second-order valence-electron chi connectivity index (χ2n) is 8.25. The number of para-hydroxylation sites is 2. The lowest BCUT2D eigenvalue weighted by Crippen LogP contribution is -2.25. The summed E-state index contributed by atoms with van der Waals surface area (Å²) in [4.78, 5) is 36.9. The van der Waals surface area contributed by atoms with Crippen LogP contribution in [0.4, 0.5) is 0 Å². The van der Waals surface area contributed by atoms with Crippen LogP contribution in [0, 0.1) is 17.8 Å². The number of aliphatic carboxylic acids is 2. The van der Waals surface area contributed by atoms with Gasteiger partial charge >= 0.3 is 5.97 Å². The predicted octanol–water partition coefficient (Wildman–Crippen LogP) is 2.48. The Hall–Kier alpha value is -2.94. The van der Waals surface area contributed by atoms with E-state index in [9.17, 15) is 4.79 Å². The molecule has 0 spiro atoms. The highest BCUT2D eigenvalue weighted by Crippen LogP contribution is 2.31. The van der Waals surface area contributed by atoms with Crippen LogP contribution in [0.5, 0.6) is 0 Å². The Labute approximate surface area is 181 Å². The molecule has 4 rings (SSSR count). The summed E-state index contributed by atoms with van der Waals surface area (Å²) < 4.78 is 7.50. The molecule has 170 valence electrons. The van der Waals surface area contributed by atoms with Crippen LogP contribution < -0.4 is 0 Å². The van der Waals surface area contributed by atoms with Gasteiger partial charge in [-0.15, -0.1) is 0 Å². The van der Waals surface area contributed by atoms with E-state index in [4.69, 9.17) is 29.5 Å². The number of esters is 1. The van der Waals surface area contributed by atoms with Crippen LogP contribution in [0.3, 0.4) is 0 Å². The molecule has 2 N–H and O–H groups in total. The zero-order chi connectivity index (χ0) is 23.1. The summed E-state index contributed by atoms with van der Waals surface area (Å²) in [5.74, 6) is 0.420. The average Bonchev–Trinajstić information content (AvgIpc) is 3.30. The summed E-state index contributed by atoms with van der Waals surface area (Å²) in [5, 5.41) is 14.8. The highest BCUT2D eigenvalue weighted by atomic mass is 16.5. The van der Waals surface area contributed by atoms with Crippen molar-refractivity contribution in [3.05, 3.63) is 30.1 Å². The summed E-state index contributed by atoms with van der Waals surface area (Å²) in [6, 6.07) is 8.33. The van der Waals surface area contributed by atoms with Crippen molar-refractivity contribution in [2.75, 3.05) is 19.7 Å². The number of nitrogens with zero attached hydrogens (tertiary/aromatic N) is 3. The van der Waals surface area contributed by atoms with E-state index >= 15 is 0 Å². The fourth-order valence-corrected chi connectivity index (χ4v) is 3.84. The second kappa shape index (κ2) is 10.9. The third-order valence-corrected chi connectivity index (χ3v) is 4.91. The standard InChI is InChI=1S/C18H23N3O2.2C2H4O2/c1-12(2)7-21-16-6-4-3-5-15(16)19-17(21)10-20-8-13-11-23-18(22)14(13)9-20;2*1-2(3)4/h3-6,12-14H,7-11H2,1-2H3;2*1H3,(H,3,4)/t13-,14-;;/m1../s1. The van der Waals surface area contributed by atoms with Gasteiger partial charge in [-0.1, -0.05) is 26.0 Å². The molecule has 0 bridgehead atoms. The van der Waals surface area contributed by atoms with Crippen molar-refractivity contribution in [3.8, 4) is 0 Å². The number of carbonyl (C=O) groups is 3. The molecule has 2 fully saturated rings. The molecule has 0 radical (unpaired) electrons. The number of ether oxygens (including phenoxy) is 1. The normalized spacial score (nSPS) is 19.8. The maximum atomic E-state index is 11.7. The number of carbonyl (C=O) groups excluding carboxylic acids is 1. The second-order valence-corrected chi connectivity index (χ2v) is 8.25. The van der Waals surface area contributed by atoms with Gasteiger partial charge in [0.15, 0.2) is 0 Å². The maximum Gasteiger partial charge on any atom is 0.310 e. The average molecular weight is 434 g/mol. The number of aromatic nitrogens is 2. The topological polar surface area (TPSA) is 122 Å². The highest BCUT2D eigenvalue weighted by Gasteiger charge is 2.44. The quantitative estimate of drug-likeness (QED) is 0.705. The molecular weight excluding hydrogens is 402 g/mol. The Bertz CT molecular complexity index is 903. The Kier molecular flexibility index (Phi) is 8.56. The van der Waals surface area contributed by atoms with Crippen molar-refractivity contribution in [3.63, 3.8) is 0 Å². The van der Waals surface area contributed by atoms with Gasteiger partial charge in [-0.25, -0.2) is 4.98 Å².